The Bertz CT molecular complexity index is 2110. The predicted octanol–water partition coefficient (Wildman–Crippen LogP) is 4.67. The summed E-state index contributed by atoms with van der Waals surface area (Å²) in [4.78, 5) is 50.2. The monoisotopic (exact) mass is 682 g/mol. The largest absolute Gasteiger partial charge is 0.496 e. The zero-order chi connectivity index (χ0) is 34.7. The highest BCUT2D eigenvalue weighted by atomic mass is 32.1. The Morgan fingerprint density at radius 1 is 0.980 bits per heavy atom. The van der Waals surface area contributed by atoms with Crippen LogP contribution in [0.15, 0.2) is 75.7 Å². The highest BCUT2D eigenvalue weighted by molar-refractivity contribution is 7.07. The molecule has 0 aliphatic carbocycles. The van der Waals surface area contributed by atoms with Gasteiger partial charge in [0, 0.05) is 31.7 Å². The molecule has 256 valence electrons. The van der Waals surface area contributed by atoms with Gasteiger partial charge in [0.2, 0.25) is 0 Å². The summed E-state index contributed by atoms with van der Waals surface area (Å²) in [5, 5.41) is 1.86. The molecule has 0 N–H and O–H groups in total. The first-order valence-electron chi connectivity index (χ1n) is 16.8. The molecule has 0 saturated carbocycles. The molecule has 2 aliphatic heterocycles. The summed E-state index contributed by atoms with van der Waals surface area (Å²) < 4.78 is 19.8. The Hall–Kier alpha value is -4.90. The van der Waals surface area contributed by atoms with Gasteiger partial charge >= 0.3 is 0 Å². The number of allylic oxidation sites excluding steroid dienone is 1. The number of methoxy groups -OCH3 is 1. The lowest BCUT2D eigenvalue weighted by Crippen LogP contribution is -2.43. The first kappa shape index (κ1) is 34.0. The Kier molecular flexibility index (Phi) is 10.2. The van der Waals surface area contributed by atoms with Crippen molar-refractivity contribution < 1.29 is 23.8 Å². The third kappa shape index (κ3) is 6.59. The van der Waals surface area contributed by atoms with Gasteiger partial charge in [-0.2, -0.15) is 0 Å². The van der Waals surface area contributed by atoms with E-state index in [1.54, 1.807) is 28.7 Å². The van der Waals surface area contributed by atoms with Crippen LogP contribution in [0.2, 0.25) is 0 Å². The Morgan fingerprint density at radius 2 is 1.71 bits per heavy atom. The predicted molar refractivity (Wildman–Crippen MR) is 191 cm³/mol. The van der Waals surface area contributed by atoms with Gasteiger partial charge in [0.1, 0.15) is 11.8 Å². The molecule has 10 nitrogen and oxygen atoms in total. The minimum atomic E-state index is -0.768. The van der Waals surface area contributed by atoms with Crippen molar-refractivity contribution in [3.63, 3.8) is 0 Å². The number of rotatable bonds is 11. The van der Waals surface area contributed by atoms with Crippen LogP contribution in [-0.2, 0) is 9.59 Å². The Balaban J connectivity index is 1.47. The molecule has 0 unspecified atom stereocenters. The van der Waals surface area contributed by atoms with Crippen molar-refractivity contribution in [3.05, 3.63) is 96.7 Å². The number of likely N-dealkylation sites (N-methyl/N-ethyl adjacent to an activating group) is 1. The molecule has 3 heterocycles. The van der Waals surface area contributed by atoms with E-state index in [4.69, 9.17) is 19.2 Å². The van der Waals surface area contributed by atoms with Crippen molar-refractivity contribution in [1.29, 1.82) is 0 Å². The van der Waals surface area contributed by atoms with Crippen molar-refractivity contribution in [1.82, 2.24) is 14.4 Å². The fraction of sp³-hybridized carbons (Fsp3) is 0.368. The number of hydrogen-bond acceptors (Lipinski definition) is 8. The number of amides is 2. The lowest BCUT2D eigenvalue weighted by molar-refractivity contribution is -0.132. The smallest absolute Gasteiger partial charge is 0.271 e. The number of hydrogen-bond donors (Lipinski definition) is 0. The van der Waals surface area contributed by atoms with Crippen molar-refractivity contribution in [3.8, 4) is 17.2 Å². The third-order valence-electron chi connectivity index (χ3n) is 9.10. The molecule has 0 bridgehead atoms. The van der Waals surface area contributed by atoms with Crippen LogP contribution >= 0.6 is 11.3 Å². The van der Waals surface area contributed by atoms with Crippen LogP contribution in [0.3, 0.4) is 0 Å². The fourth-order valence-electron chi connectivity index (χ4n) is 6.64. The summed E-state index contributed by atoms with van der Waals surface area (Å²) >= 11 is 1.27. The maximum atomic E-state index is 14.5. The van der Waals surface area contributed by atoms with E-state index in [1.807, 2.05) is 81.1 Å². The molecule has 11 heteroatoms. The van der Waals surface area contributed by atoms with E-state index in [0.29, 0.717) is 57.5 Å². The number of carbonyl (C=O) groups excluding carboxylic acids is 2. The number of nitrogens with zero attached hydrogens (tertiary/aromatic N) is 4. The number of likely N-dealkylation sites (tertiary alicyclic amines) is 1. The molecule has 49 heavy (non-hydrogen) atoms. The van der Waals surface area contributed by atoms with Gasteiger partial charge in [-0.15, -0.1) is 0 Å². The standard InChI is InChI=1S/C38H42N4O6S/c1-6-40(7-2)37(45)33-24(4)39-38-42(35(33)34-27-14-10-9-13-26(27)16-18-29(34)46-5)36(44)31(49-38)22-25-15-17-28(30(21-25)47-8-3)48-23-32(43)41-19-11-12-20-41/h9-10,13-18,21-22,35H,6-8,11-12,19-20,23H2,1-5H3/b31-22-/t35-/m1/s1. The quantitative estimate of drug-likeness (QED) is 0.228. The zero-order valence-corrected chi connectivity index (χ0v) is 29.5. The van der Waals surface area contributed by atoms with Gasteiger partial charge in [-0.1, -0.05) is 47.7 Å². The second kappa shape index (κ2) is 14.7. The number of ether oxygens (including phenoxy) is 3. The highest BCUT2D eigenvalue weighted by Crippen LogP contribution is 2.40. The van der Waals surface area contributed by atoms with E-state index in [1.165, 1.54) is 11.3 Å². The summed E-state index contributed by atoms with van der Waals surface area (Å²) in [5.74, 6) is 1.32. The van der Waals surface area contributed by atoms with Crippen LogP contribution in [0.4, 0.5) is 0 Å². The van der Waals surface area contributed by atoms with Crippen LogP contribution in [-0.4, -0.2) is 72.7 Å². The maximum Gasteiger partial charge on any atom is 0.271 e. The molecule has 2 aliphatic rings. The molecule has 1 fully saturated rings. The van der Waals surface area contributed by atoms with Gasteiger partial charge in [-0.05, 0) is 81.1 Å². The van der Waals surface area contributed by atoms with Gasteiger partial charge in [-0.25, -0.2) is 4.99 Å². The van der Waals surface area contributed by atoms with Gasteiger partial charge in [0.15, 0.2) is 22.9 Å². The number of aromatic nitrogens is 1. The van der Waals surface area contributed by atoms with Crippen LogP contribution < -0.4 is 29.1 Å². The first-order valence-corrected chi connectivity index (χ1v) is 17.7. The molecule has 0 radical (unpaired) electrons. The van der Waals surface area contributed by atoms with Crippen LogP contribution in [0.1, 0.15) is 57.7 Å². The second-order valence-electron chi connectivity index (χ2n) is 12.0. The topological polar surface area (TPSA) is 103 Å². The average molecular weight is 683 g/mol. The van der Waals surface area contributed by atoms with E-state index in [0.717, 1.165) is 47.8 Å². The van der Waals surface area contributed by atoms with Crippen molar-refractivity contribution >= 4 is 40.0 Å². The lowest BCUT2D eigenvalue weighted by Gasteiger charge is -2.30. The van der Waals surface area contributed by atoms with Gasteiger partial charge in [0.25, 0.3) is 17.4 Å². The molecule has 4 aromatic rings. The number of fused-ring (bicyclic) bond motifs is 2. The van der Waals surface area contributed by atoms with Crippen molar-refractivity contribution in [2.45, 2.75) is 46.6 Å². The molecule has 1 saturated heterocycles. The minimum absolute atomic E-state index is 0.0448. The van der Waals surface area contributed by atoms with Crippen molar-refractivity contribution in [2.75, 3.05) is 46.5 Å². The summed E-state index contributed by atoms with van der Waals surface area (Å²) in [6.45, 7) is 10.5. The van der Waals surface area contributed by atoms with Gasteiger partial charge in [-0.3, -0.25) is 19.0 Å². The normalized spacial score (nSPS) is 16.1. The maximum absolute atomic E-state index is 14.5. The summed E-state index contributed by atoms with van der Waals surface area (Å²) in [6, 6.07) is 16.4. The van der Waals surface area contributed by atoms with Crippen molar-refractivity contribution in [2.24, 2.45) is 4.99 Å². The zero-order valence-electron chi connectivity index (χ0n) is 28.7. The number of carbonyl (C=O) groups is 2. The van der Waals surface area contributed by atoms with E-state index < -0.39 is 6.04 Å². The SMILES string of the molecule is CCOc1cc(/C=c2\sc3n(c2=O)[C@@H](c2c(OC)ccc4ccccc24)C(C(=O)N(CC)CC)=C(C)N=3)ccc1OCC(=O)N1CCCC1. The second-order valence-corrected chi connectivity index (χ2v) is 13.0. The molecule has 6 rings (SSSR count). The van der Waals surface area contributed by atoms with E-state index in [-0.39, 0.29) is 24.0 Å². The molecular formula is C38H42N4O6S. The average Bonchev–Trinajstić information content (AvgIpc) is 3.76. The van der Waals surface area contributed by atoms with E-state index in [2.05, 4.69) is 0 Å². The van der Waals surface area contributed by atoms with Gasteiger partial charge in [0.05, 0.1) is 29.5 Å². The molecule has 1 aromatic heterocycles. The Labute approximate surface area is 289 Å². The molecule has 1 atom stereocenters. The first-order chi connectivity index (χ1) is 23.8. The number of benzene rings is 3. The summed E-state index contributed by atoms with van der Waals surface area (Å²) in [7, 11) is 1.60. The molecule has 2 amide bonds. The number of thiazole rings is 1. The Morgan fingerprint density at radius 3 is 2.43 bits per heavy atom. The fourth-order valence-corrected chi connectivity index (χ4v) is 7.68. The summed E-state index contributed by atoms with van der Waals surface area (Å²) in [6.07, 6.45) is 3.83. The minimum Gasteiger partial charge on any atom is -0.496 e. The molecule has 3 aromatic carbocycles. The third-order valence-corrected chi connectivity index (χ3v) is 10.1. The molecular weight excluding hydrogens is 641 g/mol. The van der Waals surface area contributed by atoms with Crippen LogP contribution in [0.5, 0.6) is 17.2 Å². The van der Waals surface area contributed by atoms with Crippen LogP contribution in [0, 0.1) is 0 Å². The highest BCUT2D eigenvalue weighted by Gasteiger charge is 2.36. The lowest BCUT2D eigenvalue weighted by atomic mass is 9.90. The molecule has 0 spiro atoms. The van der Waals surface area contributed by atoms with Gasteiger partial charge < -0.3 is 24.0 Å². The van der Waals surface area contributed by atoms with E-state index in [9.17, 15) is 14.4 Å². The summed E-state index contributed by atoms with van der Waals surface area (Å²) in [5.41, 5.74) is 2.20. The van der Waals surface area contributed by atoms with Crippen LogP contribution in [0.25, 0.3) is 16.8 Å². The van der Waals surface area contributed by atoms with E-state index >= 15 is 0 Å².